The summed E-state index contributed by atoms with van der Waals surface area (Å²) in [7, 11) is 0. The van der Waals surface area contributed by atoms with E-state index < -0.39 is 17.9 Å². The Morgan fingerprint density at radius 1 is 1.56 bits per heavy atom. The van der Waals surface area contributed by atoms with Gasteiger partial charge in [0.15, 0.2) is 11.6 Å². The third-order valence-corrected chi connectivity index (χ3v) is 1.82. The largest absolute Gasteiger partial charge is 0.573 e. The van der Waals surface area contributed by atoms with Crippen molar-refractivity contribution >= 4 is 17.4 Å². The van der Waals surface area contributed by atoms with Crippen LogP contribution in [0.3, 0.4) is 0 Å². The lowest BCUT2D eigenvalue weighted by Gasteiger charge is -2.11. The molecule has 0 aliphatic rings. The molecule has 1 rings (SSSR count). The van der Waals surface area contributed by atoms with Gasteiger partial charge in [-0.05, 0) is 0 Å². The van der Waals surface area contributed by atoms with Crippen LogP contribution in [0.5, 0.6) is 5.75 Å². The Kier molecular flexibility index (Phi) is 3.44. The van der Waals surface area contributed by atoms with E-state index in [0.717, 1.165) is 6.07 Å². The van der Waals surface area contributed by atoms with Crippen LogP contribution >= 0.6 is 11.6 Å². The van der Waals surface area contributed by atoms with Gasteiger partial charge in [-0.25, -0.2) is 4.98 Å². The lowest BCUT2D eigenvalue weighted by Crippen LogP contribution is -2.18. The minimum absolute atomic E-state index is 0.108. The van der Waals surface area contributed by atoms with Crippen LogP contribution in [0.4, 0.5) is 19.0 Å². The molecular weight excluding hydrogens is 247 g/mol. The fourth-order valence-electron chi connectivity index (χ4n) is 0.954. The van der Waals surface area contributed by atoms with E-state index in [2.05, 4.69) is 9.72 Å². The molecule has 0 aliphatic carbocycles. The molecule has 0 atom stereocenters. The summed E-state index contributed by atoms with van der Waals surface area (Å²) in [6.45, 7) is 0. The Bertz CT molecular complexity index is 441. The third kappa shape index (κ3) is 2.90. The molecule has 4 nitrogen and oxygen atoms in total. The average Bonchev–Trinajstić information content (AvgIpc) is 2.18. The number of nitriles is 1. The first kappa shape index (κ1) is 12.4. The molecule has 0 bridgehead atoms. The first-order valence-corrected chi connectivity index (χ1v) is 4.42. The molecule has 0 radical (unpaired) electrons. The van der Waals surface area contributed by atoms with Gasteiger partial charge in [0.2, 0.25) is 0 Å². The van der Waals surface area contributed by atoms with Gasteiger partial charge in [-0.15, -0.1) is 24.8 Å². The number of halogens is 4. The Morgan fingerprint density at radius 2 is 2.19 bits per heavy atom. The van der Waals surface area contributed by atoms with Crippen LogP contribution in [0.25, 0.3) is 0 Å². The lowest BCUT2D eigenvalue weighted by molar-refractivity contribution is -0.274. The van der Waals surface area contributed by atoms with Gasteiger partial charge < -0.3 is 10.5 Å². The molecular formula is C8H5ClF3N3O. The molecule has 16 heavy (non-hydrogen) atoms. The van der Waals surface area contributed by atoms with Crippen molar-refractivity contribution in [3.8, 4) is 11.8 Å². The van der Waals surface area contributed by atoms with Crippen LogP contribution < -0.4 is 10.5 Å². The second-order valence-electron chi connectivity index (χ2n) is 2.66. The van der Waals surface area contributed by atoms with Gasteiger partial charge in [0.1, 0.15) is 6.07 Å². The minimum atomic E-state index is -4.88. The van der Waals surface area contributed by atoms with Crippen LogP contribution in [-0.4, -0.2) is 11.3 Å². The Hall–Kier alpha value is -1.68. The molecule has 0 saturated carbocycles. The van der Waals surface area contributed by atoms with Crippen molar-refractivity contribution in [3.05, 3.63) is 17.3 Å². The predicted molar refractivity (Wildman–Crippen MR) is 49.6 cm³/mol. The maximum Gasteiger partial charge on any atom is 0.573 e. The van der Waals surface area contributed by atoms with E-state index in [4.69, 9.17) is 22.6 Å². The number of alkyl halides is 4. The standard InChI is InChI=1S/C8H5ClF3N3O/c9-2-5-4(3-13)1-6(7(14)15-5)16-8(10,11)12/h1H,2H2,(H2,14,15). The molecule has 1 aromatic heterocycles. The number of nitrogen functional groups attached to an aromatic ring is 1. The molecule has 0 aliphatic heterocycles. The quantitative estimate of drug-likeness (QED) is 0.818. The number of nitrogens with two attached hydrogens (primary N) is 1. The smallest absolute Gasteiger partial charge is 0.402 e. The van der Waals surface area contributed by atoms with Crippen LogP contribution in [0.1, 0.15) is 11.3 Å². The lowest BCUT2D eigenvalue weighted by atomic mass is 10.2. The highest BCUT2D eigenvalue weighted by atomic mass is 35.5. The van der Waals surface area contributed by atoms with Crippen molar-refractivity contribution in [1.29, 1.82) is 5.26 Å². The number of hydrogen-bond donors (Lipinski definition) is 1. The summed E-state index contributed by atoms with van der Waals surface area (Å²) in [6, 6.07) is 2.50. The highest BCUT2D eigenvalue weighted by molar-refractivity contribution is 6.17. The summed E-state index contributed by atoms with van der Waals surface area (Å²) in [5, 5.41) is 8.64. The summed E-state index contributed by atoms with van der Waals surface area (Å²) in [5.74, 6) is -1.30. The Morgan fingerprint density at radius 3 is 2.62 bits per heavy atom. The number of hydrogen-bond acceptors (Lipinski definition) is 4. The summed E-state index contributed by atoms with van der Waals surface area (Å²) >= 11 is 5.44. The zero-order chi connectivity index (χ0) is 12.3. The molecule has 2 N–H and O–H groups in total. The number of rotatable bonds is 2. The van der Waals surface area contributed by atoms with E-state index in [1.165, 1.54) is 0 Å². The summed E-state index contributed by atoms with van der Waals surface area (Å²) in [5.41, 5.74) is 5.22. The topological polar surface area (TPSA) is 71.9 Å². The molecule has 8 heteroatoms. The number of pyridine rings is 1. The fraction of sp³-hybridized carbons (Fsp3) is 0.250. The van der Waals surface area contributed by atoms with Gasteiger partial charge in [-0.1, -0.05) is 0 Å². The Balaban J connectivity index is 3.18. The van der Waals surface area contributed by atoms with Gasteiger partial charge in [-0.3, -0.25) is 0 Å². The highest BCUT2D eigenvalue weighted by Gasteiger charge is 2.32. The van der Waals surface area contributed by atoms with E-state index in [1.807, 2.05) is 0 Å². The third-order valence-electron chi connectivity index (χ3n) is 1.57. The van der Waals surface area contributed by atoms with Crippen molar-refractivity contribution in [2.75, 3.05) is 5.73 Å². The maximum atomic E-state index is 11.9. The number of ether oxygens (including phenoxy) is 1. The second-order valence-corrected chi connectivity index (χ2v) is 2.93. The molecule has 0 unspecified atom stereocenters. The van der Waals surface area contributed by atoms with Crippen LogP contribution in [-0.2, 0) is 5.88 Å². The van der Waals surface area contributed by atoms with Gasteiger partial charge in [0.25, 0.3) is 0 Å². The van der Waals surface area contributed by atoms with Gasteiger partial charge in [-0.2, -0.15) is 5.26 Å². The normalized spacial score (nSPS) is 10.9. The van der Waals surface area contributed by atoms with E-state index in [9.17, 15) is 13.2 Å². The zero-order valence-corrected chi connectivity index (χ0v) is 8.43. The van der Waals surface area contributed by atoms with E-state index in [-0.39, 0.29) is 17.1 Å². The minimum Gasteiger partial charge on any atom is -0.402 e. The Labute approximate surface area is 93.4 Å². The number of nitrogens with zero attached hydrogens (tertiary/aromatic N) is 2. The summed E-state index contributed by atoms with van der Waals surface area (Å²) in [4.78, 5) is 3.54. The second kappa shape index (κ2) is 4.45. The molecule has 86 valence electrons. The summed E-state index contributed by atoms with van der Waals surface area (Å²) < 4.78 is 39.4. The van der Waals surface area contributed by atoms with Gasteiger partial charge in [0.05, 0.1) is 17.1 Å². The average molecular weight is 252 g/mol. The van der Waals surface area contributed by atoms with Gasteiger partial charge >= 0.3 is 6.36 Å². The summed E-state index contributed by atoms with van der Waals surface area (Å²) in [6.07, 6.45) is -4.88. The van der Waals surface area contributed by atoms with Crippen molar-refractivity contribution < 1.29 is 17.9 Å². The van der Waals surface area contributed by atoms with Crippen LogP contribution in [0, 0.1) is 11.3 Å². The molecule has 0 fully saturated rings. The van der Waals surface area contributed by atoms with E-state index >= 15 is 0 Å². The molecule has 0 saturated heterocycles. The molecule has 0 amide bonds. The van der Waals surface area contributed by atoms with E-state index in [1.54, 1.807) is 6.07 Å². The van der Waals surface area contributed by atoms with Crippen LogP contribution in [0.15, 0.2) is 6.07 Å². The zero-order valence-electron chi connectivity index (χ0n) is 7.68. The van der Waals surface area contributed by atoms with Crippen molar-refractivity contribution in [3.63, 3.8) is 0 Å². The molecule has 0 spiro atoms. The number of anilines is 1. The van der Waals surface area contributed by atoms with Crippen molar-refractivity contribution in [1.82, 2.24) is 4.98 Å². The molecule has 0 aromatic carbocycles. The van der Waals surface area contributed by atoms with E-state index in [0.29, 0.717) is 0 Å². The first-order valence-electron chi connectivity index (χ1n) is 3.88. The SMILES string of the molecule is N#Cc1cc(OC(F)(F)F)c(N)nc1CCl. The number of aromatic nitrogens is 1. The van der Waals surface area contributed by atoms with Gasteiger partial charge in [0, 0.05) is 6.07 Å². The monoisotopic (exact) mass is 251 g/mol. The van der Waals surface area contributed by atoms with Crippen molar-refractivity contribution in [2.24, 2.45) is 0 Å². The molecule has 1 aromatic rings. The highest BCUT2D eigenvalue weighted by Crippen LogP contribution is 2.29. The fourth-order valence-corrected chi connectivity index (χ4v) is 1.16. The molecule has 1 heterocycles. The van der Waals surface area contributed by atoms with Crippen LogP contribution in [0.2, 0.25) is 0 Å². The maximum absolute atomic E-state index is 11.9. The first-order chi connectivity index (χ1) is 7.37. The van der Waals surface area contributed by atoms with Crippen molar-refractivity contribution in [2.45, 2.75) is 12.2 Å². The predicted octanol–water partition coefficient (Wildman–Crippen LogP) is 2.17.